The van der Waals surface area contributed by atoms with Crippen molar-refractivity contribution in [3.05, 3.63) is 58.9 Å². The number of carbonyl (C=O) groups is 1. The Kier molecular flexibility index (Phi) is 7.73. The number of hydrogen-bond donors (Lipinski definition) is 1. The SMILES string of the molecule is O=C(Nc1ccc(Cl)nc1)O[C@@H](CN1CCCC(c2cccc(C(F)(F)F)c2)C1)C(F)(F)F. The van der Waals surface area contributed by atoms with Crippen LogP contribution < -0.4 is 5.32 Å². The summed E-state index contributed by atoms with van der Waals surface area (Å²) in [6.07, 6.45) is -10.9. The fourth-order valence-electron chi connectivity index (χ4n) is 3.63. The highest BCUT2D eigenvalue weighted by molar-refractivity contribution is 6.29. The van der Waals surface area contributed by atoms with Crippen LogP contribution in [0.3, 0.4) is 0 Å². The Hall–Kier alpha value is -2.53. The fourth-order valence-corrected chi connectivity index (χ4v) is 3.74. The van der Waals surface area contributed by atoms with Gasteiger partial charge in [0.15, 0.2) is 0 Å². The summed E-state index contributed by atoms with van der Waals surface area (Å²) in [4.78, 5) is 17.1. The molecule has 3 rings (SSSR count). The summed E-state index contributed by atoms with van der Waals surface area (Å²) >= 11 is 5.62. The van der Waals surface area contributed by atoms with E-state index in [-0.39, 0.29) is 23.3 Å². The van der Waals surface area contributed by atoms with Gasteiger partial charge in [0.05, 0.1) is 17.4 Å². The van der Waals surface area contributed by atoms with Crippen molar-refractivity contribution in [1.82, 2.24) is 9.88 Å². The summed E-state index contributed by atoms with van der Waals surface area (Å²) in [5, 5.41) is 2.30. The quantitative estimate of drug-likeness (QED) is 0.401. The van der Waals surface area contributed by atoms with Crippen molar-refractivity contribution in [2.75, 3.05) is 25.0 Å². The van der Waals surface area contributed by atoms with Crippen LogP contribution in [0.1, 0.15) is 29.9 Å². The molecule has 2 heterocycles. The van der Waals surface area contributed by atoms with Gasteiger partial charge in [-0.25, -0.2) is 9.78 Å². The smallest absolute Gasteiger partial charge is 0.426 e. The van der Waals surface area contributed by atoms with Crippen LogP contribution in [0.5, 0.6) is 0 Å². The van der Waals surface area contributed by atoms with Crippen LogP contribution in [0.4, 0.5) is 36.8 Å². The van der Waals surface area contributed by atoms with Crippen molar-refractivity contribution in [2.45, 2.75) is 37.2 Å². The lowest BCUT2D eigenvalue weighted by Gasteiger charge is -2.35. The van der Waals surface area contributed by atoms with Crippen molar-refractivity contribution in [3.63, 3.8) is 0 Å². The monoisotopic (exact) mass is 495 g/mol. The second-order valence-electron chi connectivity index (χ2n) is 7.65. The lowest BCUT2D eigenvalue weighted by molar-refractivity contribution is -0.207. The van der Waals surface area contributed by atoms with Gasteiger partial charge in [-0.15, -0.1) is 0 Å². The highest BCUT2D eigenvalue weighted by Gasteiger charge is 2.44. The first-order chi connectivity index (χ1) is 15.4. The van der Waals surface area contributed by atoms with Crippen LogP contribution in [0.2, 0.25) is 5.15 Å². The van der Waals surface area contributed by atoms with E-state index in [9.17, 15) is 31.1 Å². The maximum absolute atomic E-state index is 13.5. The summed E-state index contributed by atoms with van der Waals surface area (Å²) in [6.45, 7) is -0.223. The molecule has 1 aromatic carbocycles. The van der Waals surface area contributed by atoms with Crippen molar-refractivity contribution < 1.29 is 35.9 Å². The third-order valence-electron chi connectivity index (χ3n) is 5.20. The minimum absolute atomic E-state index is 0.105. The van der Waals surface area contributed by atoms with Gasteiger partial charge >= 0.3 is 18.4 Å². The zero-order valence-electron chi connectivity index (χ0n) is 17.1. The molecule has 33 heavy (non-hydrogen) atoms. The molecule has 1 saturated heterocycles. The number of halogens is 7. The molecule has 1 aromatic heterocycles. The molecule has 2 aromatic rings. The number of rotatable bonds is 5. The third-order valence-corrected chi connectivity index (χ3v) is 5.43. The zero-order valence-corrected chi connectivity index (χ0v) is 17.8. The molecule has 0 bridgehead atoms. The Morgan fingerprint density at radius 2 is 1.97 bits per heavy atom. The van der Waals surface area contributed by atoms with E-state index in [1.807, 2.05) is 0 Å². The Bertz CT molecular complexity index is 952. The zero-order chi connectivity index (χ0) is 24.2. The van der Waals surface area contributed by atoms with Gasteiger partial charge in [0, 0.05) is 13.1 Å². The third kappa shape index (κ3) is 7.23. The second kappa shape index (κ2) is 10.2. The largest absolute Gasteiger partial charge is 0.435 e. The van der Waals surface area contributed by atoms with E-state index in [0.29, 0.717) is 24.9 Å². The molecule has 1 N–H and O–H groups in total. The van der Waals surface area contributed by atoms with Crippen LogP contribution in [-0.2, 0) is 10.9 Å². The summed E-state index contributed by atoms with van der Waals surface area (Å²) in [6, 6.07) is 7.50. The molecular formula is C21H20ClF6N3O2. The van der Waals surface area contributed by atoms with Crippen molar-refractivity contribution in [3.8, 4) is 0 Å². The van der Waals surface area contributed by atoms with Crippen LogP contribution in [0, 0.1) is 0 Å². The minimum atomic E-state index is -4.83. The summed E-state index contributed by atoms with van der Waals surface area (Å²) in [7, 11) is 0. The van der Waals surface area contributed by atoms with Gasteiger partial charge in [-0.1, -0.05) is 29.8 Å². The topological polar surface area (TPSA) is 54.5 Å². The normalized spacial score (nSPS) is 18.6. The fraction of sp³-hybridized carbons (Fsp3) is 0.429. The first-order valence-electron chi connectivity index (χ1n) is 9.97. The first kappa shape index (κ1) is 25.1. The molecule has 0 spiro atoms. The van der Waals surface area contributed by atoms with Gasteiger partial charge in [0.25, 0.3) is 0 Å². The molecule has 0 aliphatic carbocycles. The number of benzene rings is 1. The number of aromatic nitrogens is 1. The maximum Gasteiger partial charge on any atom is 0.426 e. The molecule has 5 nitrogen and oxygen atoms in total. The number of amides is 1. The standard InChI is InChI=1S/C21H20ClF6N3O2/c22-18-7-6-16(10-29-18)30-19(32)33-17(21(26,27)28)12-31-8-2-4-14(11-31)13-3-1-5-15(9-13)20(23,24)25/h1,3,5-7,9-10,14,17H,2,4,8,11-12H2,(H,30,32)/t14?,17-/m0/s1. The van der Waals surface area contributed by atoms with Gasteiger partial charge in [-0.3, -0.25) is 10.2 Å². The Morgan fingerprint density at radius 1 is 1.21 bits per heavy atom. The molecule has 2 atom stereocenters. The van der Waals surface area contributed by atoms with E-state index in [4.69, 9.17) is 11.6 Å². The van der Waals surface area contributed by atoms with E-state index >= 15 is 0 Å². The van der Waals surface area contributed by atoms with Gasteiger partial charge in [0.2, 0.25) is 6.10 Å². The molecular weight excluding hydrogens is 476 g/mol. The predicted molar refractivity (Wildman–Crippen MR) is 109 cm³/mol. The van der Waals surface area contributed by atoms with Gasteiger partial charge in [-0.2, -0.15) is 26.3 Å². The summed E-state index contributed by atoms with van der Waals surface area (Å²) < 4.78 is 84.3. The number of piperidine rings is 1. The predicted octanol–water partition coefficient (Wildman–Crippen LogP) is 6.11. The lowest BCUT2D eigenvalue weighted by atomic mass is 9.89. The minimum Gasteiger partial charge on any atom is -0.435 e. The van der Waals surface area contributed by atoms with Gasteiger partial charge in [-0.05, 0) is 49.1 Å². The Labute approximate surface area is 190 Å². The van der Waals surface area contributed by atoms with E-state index < -0.39 is 36.7 Å². The van der Waals surface area contributed by atoms with E-state index in [1.165, 1.54) is 29.2 Å². The molecule has 0 radical (unpaired) electrons. The van der Waals surface area contributed by atoms with Crippen molar-refractivity contribution >= 4 is 23.4 Å². The number of likely N-dealkylation sites (tertiary alicyclic amines) is 1. The molecule has 1 aliphatic heterocycles. The molecule has 180 valence electrons. The Balaban J connectivity index is 1.65. The Morgan fingerprint density at radius 3 is 2.61 bits per heavy atom. The highest BCUT2D eigenvalue weighted by Crippen LogP contribution is 2.34. The number of hydrogen-bond acceptors (Lipinski definition) is 4. The average Bonchev–Trinajstić information content (AvgIpc) is 2.74. The van der Waals surface area contributed by atoms with Crippen molar-refractivity contribution in [2.24, 2.45) is 0 Å². The number of alkyl halides is 6. The molecule has 1 amide bonds. The second-order valence-corrected chi connectivity index (χ2v) is 8.04. The van der Waals surface area contributed by atoms with Crippen LogP contribution >= 0.6 is 11.6 Å². The molecule has 1 unspecified atom stereocenters. The summed E-state index contributed by atoms with van der Waals surface area (Å²) in [5.74, 6) is -0.371. The van der Waals surface area contributed by atoms with Crippen molar-refractivity contribution in [1.29, 1.82) is 0 Å². The van der Waals surface area contributed by atoms with Gasteiger partial charge < -0.3 is 4.74 Å². The molecule has 1 fully saturated rings. The highest BCUT2D eigenvalue weighted by atomic mass is 35.5. The number of pyridine rings is 1. The van der Waals surface area contributed by atoms with Crippen LogP contribution in [-0.4, -0.2) is 47.9 Å². The van der Waals surface area contributed by atoms with E-state index in [2.05, 4.69) is 15.0 Å². The number of carbonyl (C=O) groups excluding carboxylic acids is 1. The van der Waals surface area contributed by atoms with E-state index in [0.717, 1.165) is 18.3 Å². The number of nitrogens with one attached hydrogen (secondary N) is 1. The number of nitrogens with zero attached hydrogens (tertiary/aromatic N) is 2. The molecule has 0 saturated carbocycles. The lowest BCUT2D eigenvalue weighted by Crippen LogP contribution is -2.47. The van der Waals surface area contributed by atoms with Crippen LogP contribution in [0.25, 0.3) is 0 Å². The first-order valence-corrected chi connectivity index (χ1v) is 10.3. The maximum atomic E-state index is 13.5. The number of anilines is 1. The molecule has 12 heteroatoms. The van der Waals surface area contributed by atoms with E-state index in [1.54, 1.807) is 0 Å². The molecule has 1 aliphatic rings. The van der Waals surface area contributed by atoms with Gasteiger partial charge in [0.1, 0.15) is 5.15 Å². The summed E-state index contributed by atoms with van der Waals surface area (Å²) in [5.41, 5.74) is -0.290. The number of ether oxygens (including phenoxy) is 1. The van der Waals surface area contributed by atoms with Crippen LogP contribution in [0.15, 0.2) is 42.6 Å². The average molecular weight is 496 g/mol.